The molecule has 0 bridgehead atoms. The highest BCUT2D eigenvalue weighted by Crippen LogP contribution is 2.55. The van der Waals surface area contributed by atoms with Gasteiger partial charge in [-0.25, -0.2) is 4.99 Å². The number of fused-ring (bicyclic) bond motifs is 1. The fourth-order valence-corrected chi connectivity index (χ4v) is 17.4. The summed E-state index contributed by atoms with van der Waals surface area (Å²) < 4.78 is 5.58. The molecule has 0 aromatic carbocycles. The number of guanidine groups is 5. The smallest absolute Gasteiger partial charge is 0.188 e. The molecule has 6 aliphatic carbocycles. The molecule has 8 saturated heterocycles. The van der Waals surface area contributed by atoms with Gasteiger partial charge in [0.15, 0.2) is 29.8 Å². The van der Waals surface area contributed by atoms with Crippen LogP contribution in [0.4, 0.5) is 0 Å². The molecule has 0 aromatic heterocycles. The predicted octanol–water partition coefficient (Wildman–Crippen LogP) is 19.5. The van der Waals surface area contributed by atoms with Crippen LogP contribution in [0, 0.1) is 131 Å². The summed E-state index contributed by atoms with van der Waals surface area (Å²) in [6.07, 6.45) is 28.9. The van der Waals surface area contributed by atoms with Gasteiger partial charge >= 0.3 is 0 Å². The number of nitrogens with zero attached hydrogens (tertiary/aromatic N) is 5. The van der Waals surface area contributed by atoms with Crippen LogP contribution in [0.1, 0.15) is 391 Å². The Labute approximate surface area is 800 Å². The second kappa shape index (κ2) is 62.0. The largest absolute Gasteiger partial charge is 0.375 e. The first-order valence-electron chi connectivity index (χ1n) is 52.6. The van der Waals surface area contributed by atoms with Crippen molar-refractivity contribution in [3.05, 3.63) is 0 Å². The van der Waals surface area contributed by atoms with Crippen LogP contribution in [-0.4, -0.2) is 181 Å². The van der Waals surface area contributed by atoms with E-state index >= 15 is 0 Å². The summed E-state index contributed by atoms with van der Waals surface area (Å²) in [6, 6.07) is 1.38. The quantitative estimate of drug-likeness (QED) is 0.0475. The topological polar surface area (TPSA) is 407 Å². The van der Waals surface area contributed by atoms with Gasteiger partial charge in [0.1, 0.15) is 0 Å². The molecule has 0 aromatic rings. The number of piperidine rings is 1. The molecule has 768 valence electrons. The van der Waals surface area contributed by atoms with Crippen molar-refractivity contribution in [2.75, 3.05) is 111 Å². The van der Waals surface area contributed by atoms with E-state index in [1.807, 2.05) is 65.2 Å². The average Bonchev–Trinajstić information content (AvgIpc) is 1.73. The molecule has 23 heteroatoms. The Balaban J connectivity index is 0. The van der Waals surface area contributed by atoms with Gasteiger partial charge < -0.3 is 98.0 Å². The van der Waals surface area contributed by atoms with Gasteiger partial charge in [-0.2, -0.15) is 0 Å². The first-order chi connectivity index (χ1) is 59.5. The number of hydrogen-bond acceptors (Lipinski definition) is 13. The minimum atomic E-state index is 0.0943. The van der Waals surface area contributed by atoms with Crippen LogP contribution in [0.5, 0.6) is 0 Å². The molecular weight excluding hydrogens is 1600 g/mol. The van der Waals surface area contributed by atoms with E-state index in [4.69, 9.17) is 67.2 Å². The lowest BCUT2D eigenvalue weighted by Gasteiger charge is -2.58. The third kappa shape index (κ3) is 64.6. The Bertz CT molecular complexity index is 2790. The van der Waals surface area contributed by atoms with Gasteiger partial charge in [-0.1, -0.05) is 262 Å². The lowest BCUT2D eigenvalue weighted by Crippen LogP contribution is -2.61. The van der Waals surface area contributed by atoms with Crippen LogP contribution in [0.15, 0.2) is 15.0 Å². The van der Waals surface area contributed by atoms with E-state index in [1.54, 1.807) is 0 Å². The summed E-state index contributed by atoms with van der Waals surface area (Å²) in [5.74, 6) is 12.4. The van der Waals surface area contributed by atoms with E-state index < -0.39 is 0 Å². The van der Waals surface area contributed by atoms with Crippen molar-refractivity contribution >= 4 is 29.8 Å². The zero-order valence-electron chi connectivity index (χ0n) is 92.2. The van der Waals surface area contributed by atoms with Crippen LogP contribution in [0.3, 0.4) is 0 Å². The van der Waals surface area contributed by atoms with E-state index in [0.717, 1.165) is 167 Å². The van der Waals surface area contributed by atoms with Gasteiger partial charge in [-0.3, -0.25) is 20.8 Å². The zero-order valence-corrected chi connectivity index (χ0v) is 92.2. The number of rotatable bonds is 17. The lowest BCUT2D eigenvalue weighted by molar-refractivity contribution is -0.0503. The standard InChI is InChI=1S/C10H21N3.C10H19N.2C10H21N.2C9H19N3.C9H19N.C8H17NO.2C6H13N3.C6H11N.C5H11N.4C2H6/c1-10(2,3)5-4-8-6-13(7-8)9(11)12;1-9(2,3)8-4-10(5-8)6-11-7-10;2*1-10(2,3)6-4-5-9-7-11-8-9;1-9(2,3)4-7-5-12(6-7)8(10)11;1-8(2,3)6-9(4-5-9)12-7(10)11;1-9(2,3)5-4-8-6-10-7-8;1-8(2,3)6-10-7-4-9-5-7;2*1-4-2-5(3-4)9-6(7)8;1-4-5-2-7-3-6(4)5;1-4-2-5(6)3-4;4*1-2/h8H,4-7H2,1-3H3,(H3,11,12);8,11H,4-7H2,1-3H3;2*9,11H,4-8H2,1-3H3;7H,4-6H2,1-3H3,(H3,10,11);4-6H2,1-3H3,(H4,10,11,12);8,10H,4-7H2,1-3H3;7,9H,4-6H2,1-3H3;2*4-5H,2-3H2,1H3,(H4,7,8,9);4-7H,2-3H2,1H3;4-5H,2-3,6H2,1H3;4*1-2H3. The highest BCUT2D eigenvalue weighted by atomic mass is 16.5. The third-order valence-corrected chi connectivity index (χ3v) is 26.2. The molecule has 14 aliphatic rings. The van der Waals surface area contributed by atoms with Gasteiger partial charge in [0.2, 0.25) is 0 Å². The Morgan fingerprint density at radius 3 is 0.938 bits per heavy atom. The lowest BCUT2D eigenvalue weighted by atomic mass is 9.52. The van der Waals surface area contributed by atoms with E-state index in [2.05, 4.69) is 241 Å². The molecule has 23 nitrogen and oxygen atoms in total. The van der Waals surface area contributed by atoms with Crippen LogP contribution in [0.25, 0.3) is 0 Å². The van der Waals surface area contributed by atoms with Crippen molar-refractivity contribution in [2.24, 2.45) is 186 Å². The van der Waals surface area contributed by atoms with Crippen molar-refractivity contribution in [1.29, 1.82) is 10.8 Å². The highest BCUT2D eigenvalue weighted by Gasteiger charge is 2.52. The Kier molecular flexibility index (Phi) is 61.1. The van der Waals surface area contributed by atoms with Crippen LogP contribution in [-0.2, 0) is 4.74 Å². The van der Waals surface area contributed by atoms with Crippen molar-refractivity contribution in [3.63, 3.8) is 0 Å². The predicted molar refractivity (Wildman–Crippen MR) is 569 cm³/mol. The SMILES string of the molecule is CC.CC.CC.CC.CC(C)(C)C1CC2(CNC2)C1.CC(C)(C)CC1(N=C(N)N)CC1.CC(C)(C)CC1CN(C(=N)N)C1.CC(C)(C)CCC1CN(C(=N)N)C1.CC(C)(C)CCC1CNC1.CC(C)(C)CCCC1CNC1.CC(C)(C)CCCC1CNC1.CC(C)(C)COC1CNC1.CC1C2CNCC12.CC1CC(N)C1.CC1CC(N=C(N)N)C1.CC1CC(N=C(N)N)C1. The van der Waals surface area contributed by atoms with Crippen molar-refractivity contribution in [2.45, 2.75) is 420 Å². The molecule has 0 radical (unpaired) electrons. The fraction of sp³-hybridized carbons (Fsp3) is 0.953. The summed E-state index contributed by atoms with van der Waals surface area (Å²) in [5.41, 5.74) is 52.1. The Hall–Kier alpha value is -3.97. The van der Waals surface area contributed by atoms with Gasteiger partial charge in [0, 0.05) is 58.4 Å². The third-order valence-electron chi connectivity index (χ3n) is 26.2. The van der Waals surface area contributed by atoms with Crippen molar-refractivity contribution in [3.8, 4) is 0 Å². The van der Waals surface area contributed by atoms with Gasteiger partial charge in [0.05, 0.1) is 30.3 Å². The number of ether oxygens (including phenoxy) is 1. The van der Waals surface area contributed by atoms with Gasteiger partial charge in [-0.05, 0) is 301 Å². The maximum atomic E-state index is 7.20. The maximum Gasteiger partial charge on any atom is 0.188 e. The monoisotopic (exact) mass is 1830 g/mol. The van der Waals surface area contributed by atoms with Crippen molar-refractivity contribution in [1.82, 2.24) is 41.7 Å². The van der Waals surface area contributed by atoms with Crippen LogP contribution in [0.2, 0.25) is 0 Å². The number of nitrogens with two attached hydrogens (primary N) is 9. The van der Waals surface area contributed by atoms with E-state index in [1.165, 1.54) is 162 Å². The average molecular weight is 1830 g/mol. The van der Waals surface area contributed by atoms with E-state index in [-0.39, 0.29) is 35.3 Å². The summed E-state index contributed by atoms with van der Waals surface area (Å²) in [4.78, 5) is 16.1. The minimum absolute atomic E-state index is 0.0943. The number of likely N-dealkylation sites (tertiary alicyclic amines) is 2. The van der Waals surface area contributed by atoms with Crippen LogP contribution < -0.4 is 83.5 Å². The summed E-state index contributed by atoms with van der Waals surface area (Å²) in [5, 5.41) is 34.2. The highest BCUT2D eigenvalue weighted by molar-refractivity contribution is 5.77. The number of hydrogen-bond donors (Lipinski definition) is 17. The molecule has 8 aliphatic heterocycles. The fourth-order valence-electron chi connectivity index (χ4n) is 17.4. The maximum absolute atomic E-state index is 7.20. The molecule has 2 atom stereocenters. The molecule has 1 spiro atoms. The molecular formula is C106H228N22O. The normalized spacial score (nSPS) is 24.6. The number of nitrogens with one attached hydrogen (secondary N) is 8. The summed E-state index contributed by atoms with van der Waals surface area (Å²) >= 11 is 0. The van der Waals surface area contributed by atoms with Crippen LogP contribution >= 0.6 is 0 Å². The number of aliphatic imine (C=N–C) groups is 3. The van der Waals surface area contributed by atoms with E-state index in [9.17, 15) is 0 Å². The first-order valence-corrected chi connectivity index (χ1v) is 52.6. The molecule has 14 rings (SSSR count). The van der Waals surface area contributed by atoms with Crippen molar-refractivity contribution < 1.29 is 4.74 Å². The summed E-state index contributed by atoms with van der Waals surface area (Å²) in [6.45, 7) is 99.5. The second-order valence-corrected chi connectivity index (χ2v) is 50.2. The summed E-state index contributed by atoms with van der Waals surface area (Å²) in [7, 11) is 0. The molecule has 26 N–H and O–H groups in total. The molecule has 0 amide bonds. The molecule has 129 heavy (non-hydrogen) atoms. The van der Waals surface area contributed by atoms with Gasteiger partial charge in [0.25, 0.3) is 0 Å². The molecule has 8 heterocycles. The molecule has 14 fully saturated rings. The zero-order chi connectivity index (χ0) is 99.9. The Morgan fingerprint density at radius 2 is 0.721 bits per heavy atom. The first kappa shape index (κ1) is 127. The minimum Gasteiger partial charge on any atom is -0.375 e. The Morgan fingerprint density at radius 1 is 0.388 bits per heavy atom. The molecule has 6 saturated carbocycles. The van der Waals surface area contributed by atoms with Gasteiger partial charge in [-0.15, -0.1) is 0 Å². The molecule has 2 unspecified atom stereocenters. The second-order valence-electron chi connectivity index (χ2n) is 50.2. The van der Waals surface area contributed by atoms with E-state index in [0.29, 0.717) is 67.5 Å².